The predicted molar refractivity (Wildman–Crippen MR) is 62.9 cm³/mol. The molecule has 0 atom stereocenters. The van der Waals surface area contributed by atoms with Gasteiger partial charge >= 0.3 is 0 Å². The summed E-state index contributed by atoms with van der Waals surface area (Å²) in [5.74, 6) is 1.38. The summed E-state index contributed by atoms with van der Waals surface area (Å²) in [6.07, 6.45) is 0. The van der Waals surface area contributed by atoms with Gasteiger partial charge in [-0.3, -0.25) is 5.10 Å². The van der Waals surface area contributed by atoms with Gasteiger partial charge < -0.3 is 10.2 Å². The maximum atomic E-state index is 5.67. The highest BCUT2D eigenvalue weighted by atomic mass is 16.3. The van der Waals surface area contributed by atoms with E-state index in [1.165, 1.54) is 0 Å². The summed E-state index contributed by atoms with van der Waals surface area (Å²) in [5, 5.41) is 7.89. The van der Waals surface area contributed by atoms with Gasteiger partial charge in [0.1, 0.15) is 17.2 Å². The van der Waals surface area contributed by atoms with Crippen molar-refractivity contribution in [3.05, 3.63) is 36.1 Å². The summed E-state index contributed by atoms with van der Waals surface area (Å²) >= 11 is 0. The van der Waals surface area contributed by atoms with E-state index in [9.17, 15) is 0 Å². The van der Waals surface area contributed by atoms with Gasteiger partial charge in [0.2, 0.25) is 0 Å². The third kappa shape index (κ3) is 1.27. The Hall–Kier alpha value is -2.23. The number of aromatic amines is 1. The fourth-order valence-corrected chi connectivity index (χ4v) is 1.88. The number of para-hydroxylation sites is 1. The second-order valence-electron chi connectivity index (χ2n) is 3.79. The molecule has 0 amide bonds. The monoisotopic (exact) mass is 213 g/mol. The lowest BCUT2D eigenvalue weighted by molar-refractivity contribution is 0.579. The fraction of sp³-hybridized carbons (Fsp3) is 0.0833. The van der Waals surface area contributed by atoms with Crippen molar-refractivity contribution in [2.75, 3.05) is 5.73 Å². The Morgan fingerprint density at radius 2 is 2.19 bits per heavy atom. The van der Waals surface area contributed by atoms with Crippen molar-refractivity contribution in [2.24, 2.45) is 0 Å². The molecule has 4 nitrogen and oxygen atoms in total. The van der Waals surface area contributed by atoms with E-state index in [2.05, 4.69) is 10.2 Å². The number of anilines is 1. The molecular weight excluding hydrogens is 202 g/mol. The zero-order valence-electron chi connectivity index (χ0n) is 8.82. The second-order valence-corrected chi connectivity index (χ2v) is 3.79. The van der Waals surface area contributed by atoms with Crippen LogP contribution >= 0.6 is 0 Å². The number of nitrogens with one attached hydrogen (secondary N) is 1. The highest BCUT2D eigenvalue weighted by Gasteiger charge is 2.09. The smallest absolute Gasteiger partial charge is 0.145 e. The quantitative estimate of drug-likeness (QED) is 0.653. The third-order valence-corrected chi connectivity index (χ3v) is 2.56. The molecule has 80 valence electrons. The molecule has 1 aromatic carbocycles. The molecular formula is C12H11N3O. The van der Waals surface area contributed by atoms with Gasteiger partial charge in [-0.2, -0.15) is 5.10 Å². The van der Waals surface area contributed by atoms with E-state index in [0.29, 0.717) is 5.82 Å². The molecule has 3 rings (SSSR count). The third-order valence-electron chi connectivity index (χ3n) is 2.56. The Bertz CT molecular complexity index is 651. The number of H-pyrrole nitrogens is 1. The number of aromatic nitrogens is 2. The van der Waals surface area contributed by atoms with Crippen LogP contribution in [-0.2, 0) is 0 Å². The topological polar surface area (TPSA) is 67.8 Å². The minimum atomic E-state index is 0.482. The first kappa shape index (κ1) is 9.03. The molecule has 0 bridgehead atoms. The second kappa shape index (κ2) is 3.13. The average Bonchev–Trinajstić information content (AvgIpc) is 2.82. The van der Waals surface area contributed by atoms with Crippen LogP contribution in [0.15, 0.2) is 34.7 Å². The zero-order valence-corrected chi connectivity index (χ0v) is 8.82. The van der Waals surface area contributed by atoms with Crippen LogP contribution in [0.4, 0.5) is 5.82 Å². The van der Waals surface area contributed by atoms with Gasteiger partial charge in [-0.25, -0.2) is 0 Å². The van der Waals surface area contributed by atoms with Gasteiger partial charge in [0.25, 0.3) is 0 Å². The Morgan fingerprint density at radius 3 is 2.94 bits per heavy atom. The maximum absolute atomic E-state index is 5.67. The molecule has 0 fully saturated rings. The van der Waals surface area contributed by atoms with Crippen molar-refractivity contribution in [3.8, 4) is 11.3 Å². The molecule has 3 N–H and O–H groups in total. The van der Waals surface area contributed by atoms with E-state index in [-0.39, 0.29) is 0 Å². The Kier molecular flexibility index (Phi) is 1.77. The summed E-state index contributed by atoms with van der Waals surface area (Å²) < 4.78 is 5.67. The molecule has 0 radical (unpaired) electrons. The van der Waals surface area contributed by atoms with Crippen LogP contribution < -0.4 is 5.73 Å². The number of nitrogens with zero attached hydrogens (tertiary/aromatic N) is 1. The standard InChI is InChI=1S/C12H11N3O/c1-7-5-8-3-2-4-9(12(8)16-7)10-6-11(13)15-14-10/h2-6H,1H3,(H3,13,14,15). The van der Waals surface area contributed by atoms with Gasteiger partial charge in [0.15, 0.2) is 0 Å². The molecule has 0 saturated carbocycles. The number of nitrogens with two attached hydrogens (primary N) is 1. The van der Waals surface area contributed by atoms with Crippen LogP contribution in [0.2, 0.25) is 0 Å². The zero-order chi connectivity index (χ0) is 11.1. The van der Waals surface area contributed by atoms with Crippen molar-refractivity contribution in [1.29, 1.82) is 0 Å². The normalized spacial score (nSPS) is 11.1. The van der Waals surface area contributed by atoms with Crippen LogP contribution in [-0.4, -0.2) is 10.2 Å². The molecule has 0 unspecified atom stereocenters. The number of rotatable bonds is 1. The minimum Gasteiger partial charge on any atom is -0.461 e. The van der Waals surface area contributed by atoms with Gasteiger partial charge in [-0.1, -0.05) is 12.1 Å². The largest absolute Gasteiger partial charge is 0.461 e. The number of hydrogen-bond acceptors (Lipinski definition) is 3. The van der Waals surface area contributed by atoms with E-state index in [1.54, 1.807) is 6.07 Å². The number of furan rings is 1. The summed E-state index contributed by atoms with van der Waals surface area (Å²) in [6.45, 7) is 1.94. The number of nitrogen functional groups attached to an aromatic ring is 1. The molecule has 0 aliphatic heterocycles. The van der Waals surface area contributed by atoms with Crippen molar-refractivity contribution >= 4 is 16.8 Å². The highest BCUT2D eigenvalue weighted by Crippen LogP contribution is 2.30. The number of benzene rings is 1. The first-order chi connectivity index (χ1) is 7.74. The van der Waals surface area contributed by atoms with Crippen LogP contribution in [0.1, 0.15) is 5.76 Å². The molecule has 0 saturated heterocycles. The number of hydrogen-bond donors (Lipinski definition) is 2. The average molecular weight is 213 g/mol. The summed E-state index contributed by atoms with van der Waals surface area (Å²) in [5.41, 5.74) is 8.31. The van der Waals surface area contributed by atoms with Crippen LogP contribution in [0.3, 0.4) is 0 Å². The Labute approximate surface area is 92.1 Å². The lowest BCUT2D eigenvalue weighted by Crippen LogP contribution is -1.81. The van der Waals surface area contributed by atoms with E-state index in [1.807, 2.05) is 31.2 Å². The fourth-order valence-electron chi connectivity index (χ4n) is 1.88. The molecule has 0 spiro atoms. The van der Waals surface area contributed by atoms with Gasteiger partial charge in [0.05, 0.1) is 5.69 Å². The first-order valence-electron chi connectivity index (χ1n) is 5.04. The van der Waals surface area contributed by atoms with Crippen molar-refractivity contribution in [3.63, 3.8) is 0 Å². The van der Waals surface area contributed by atoms with Crippen molar-refractivity contribution in [2.45, 2.75) is 6.92 Å². The Morgan fingerprint density at radius 1 is 1.31 bits per heavy atom. The molecule has 16 heavy (non-hydrogen) atoms. The lowest BCUT2D eigenvalue weighted by Gasteiger charge is -1.97. The number of fused-ring (bicyclic) bond motifs is 1. The van der Waals surface area contributed by atoms with Crippen LogP contribution in [0, 0.1) is 6.92 Å². The molecule has 4 heteroatoms. The summed E-state index contributed by atoms with van der Waals surface area (Å²) in [4.78, 5) is 0. The summed E-state index contributed by atoms with van der Waals surface area (Å²) in [7, 11) is 0. The summed E-state index contributed by atoms with van der Waals surface area (Å²) in [6, 6.07) is 9.81. The van der Waals surface area contributed by atoms with E-state index in [4.69, 9.17) is 10.2 Å². The predicted octanol–water partition coefficient (Wildman–Crippen LogP) is 2.71. The SMILES string of the molecule is Cc1cc2cccc(-c3cc(N)n[nH]3)c2o1. The lowest BCUT2D eigenvalue weighted by atomic mass is 10.1. The van der Waals surface area contributed by atoms with Crippen LogP contribution in [0.25, 0.3) is 22.2 Å². The van der Waals surface area contributed by atoms with Gasteiger partial charge in [-0.15, -0.1) is 0 Å². The minimum absolute atomic E-state index is 0.482. The molecule has 3 aromatic rings. The van der Waals surface area contributed by atoms with Crippen molar-refractivity contribution < 1.29 is 4.42 Å². The Balaban J connectivity index is 2.30. The highest BCUT2D eigenvalue weighted by molar-refractivity contribution is 5.92. The molecule has 2 heterocycles. The molecule has 0 aliphatic rings. The molecule has 2 aromatic heterocycles. The molecule has 0 aliphatic carbocycles. The maximum Gasteiger partial charge on any atom is 0.145 e. The van der Waals surface area contributed by atoms with E-state index >= 15 is 0 Å². The number of aryl methyl sites for hydroxylation is 1. The van der Waals surface area contributed by atoms with E-state index in [0.717, 1.165) is 28.0 Å². The van der Waals surface area contributed by atoms with Gasteiger partial charge in [-0.05, 0) is 19.1 Å². The van der Waals surface area contributed by atoms with Crippen molar-refractivity contribution in [1.82, 2.24) is 10.2 Å². The van der Waals surface area contributed by atoms with Gasteiger partial charge in [0, 0.05) is 17.0 Å². The first-order valence-corrected chi connectivity index (χ1v) is 5.04. The van der Waals surface area contributed by atoms with Crippen LogP contribution in [0.5, 0.6) is 0 Å². The van der Waals surface area contributed by atoms with E-state index < -0.39 is 0 Å².